The van der Waals surface area contributed by atoms with Crippen molar-refractivity contribution >= 4 is 23.2 Å². The molecule has 4 heteroatoms. The van der Waals surface area contributed by atoms with Gasteiger partial charge in [0.05, 0.1) is 10.6 Å². The highest BCUT2D eigenvalue weighted by Crippen LogP contribution is 2.38. The van der Waals surface area contributed by atoms with Gasteiger partial charge in [0.2, 0.25) is 0 Å². The summed E-state index contributed by atoms with van der Waals surface area (Å²) in [4.78, 5) is 0. The highest BCUT2D eigenvalue weighted by molar-refractivity contribution is 6.35. The quantitative estimate of drug-likeness (QED) is 0.787. The number of hydrogen-bond donors (Lipinski definition) is 1. The number of hydrogen-bond acceptors (Lipinski definition) is 1. The van der Waals surface area contributed by atoms with Crippen molar-refractivity contribution in [3.63, 3.8) is 0 Å². The molecule has 2 atom stereocenters. The average Bonchev–Trinajstić information content (AvgIpc) is 2.23. The first-order valence-electron chi connectivity index (χ1n) is 5.68. The van der Waals surface area contributed by atoms with E-state index in [0.717, 1.165) is 12.8 Å². The molecule has 1 N–H and O–H groups in total. The first-order valence-corrected chi connectivity index (χ1v) is 6.43. The van der Waals surface area contributed by atoms with Crippen LogP contribution in [0.1, 0.15) is 39.2 Å². The smallest absolute Gasteiger partial charge is 0.142 e. The predicted octanol–water partition coefficient (Wildman–Crippen LogP) is 4.78. The molecule has 0 aliphatic carbocycles. The second-order valence-corrected chi connectivity index (χ2v) is 5.40. The van der Waals surface area contributed by atoms with Gasteiger partial charge in [0.25, 0.3) is 0 Å². The molecule has 0 bridgehead atoms. The van der Waals surface area contributed by atoms with Gasteiger partial charge in [-0.2, -0.15) is 0 Å². The molecule has 0 aliphatic rings. The molecule has 0 aliphatic heterocycles. The van der Waals surface area contributed by atoms with Crippen molar-refractivity contribution in [2.75, 3.05) is 0 Å². The summed E-state index contributed by atoms with van der Waals surface area (Å²) in [5, 5.41) is 10.8. The van der Waals surface area contributed by atoms with E-state index in [0.29, 0.717) is 10.6 Å². The van der Waals surface area contributed by atoms with Crippen LogP contribution in [0.15, 0.2) is 12.1 Å². The Morgan fingerprint density at radius 1 is 1.35 bits per heavy atom. The Morgan fingerprint density at radius 2 is 1.94 bits per heavy atom. The van der Waals surface area contributed by atoms with Crippen LogP contribution in [0.5, 0.6) is 0 Å². The van der Waals surface area contributed by atoms with Gasteiger partial charge in [-0.05, 0) is 31.4 Å². The maximum absolute atomic E-state index is 13.4. The Labute approximate surface area is 112 Å². The lowest BCUT2D eigenvalue weighted by Crippen LogP contribution is -2.30. The van der Waals surface area contributed by atoms with E-state index >= 15 is 0 Å². The van der Waals surface area contributed by atoms with Crippen molar-refractivity contribution < 1.29 is 9.50 Å². The second kappa shape index (κ2) is 5.55. The molecule has 1 aromatic rings. The molecular formula is C13H17Cl2FO. The van der Waals surface area contributed by atoms with Crippen LogP contribution in [-0.2, 0) is 5.60 Å². The zero-order valence-electron chi connectivity index (χ0n) is 10.2. The van der Waals surface area contributed by atoms with Crippen LogP contribution in [0.2, 0.25) is 10.0 Å². The van der Waals surface area contributed by atoms with Crippen molar-refractivity contribution in [3.8, 4) is 0 Å². The van der Waals surface area contributed by atoms with Gasteiger partial charge in [0.15, 0.2) is 0 Å². The van der Waals surface area contributed by atoms with Gasteiger partial charge in [-0.15, -0.1) is 0 Å². The number of aliphatic hydroxyl groups is 1. The Kier molecular flexibility index (Phi) is 4.82. The monoisotopic (exact) mass is 278 g/mol. The van der Waals surface area contributed by atoms with E-state index in [9.17, 15) is 9.50 Å². The van der Waals surface area contributed by atoms with E-state index in [1.165, 1.54) is 12.1 Å². The van der Waals surface area contributed by atoms with Crippen LogP contribution in [0, 0.1) is 11.7 Å². The normalized spacial score (nSPS) is 16.6. The molecule has 0 saturated carbocycles. The highest BCUT2D eigenvalue weighted by Gasteiger charge is 2.32. The summed E-state index contributed by atoms with van der Waals surface area (Å²) in [5.41, 5.74) is -0.763. The molecule has 17 heavy (non-hydrogen) atoms. The Bertz CT molecular complexity index is 405. The van der Waals surface area contributed by atoms with Crippen LogP contribution in [0.25, 0.3) is 0 Å². The van der Waals surface area contributed by atoms with Crippen molar-refractivity contribution in [2.24, 2.45) is 5.92 Å². The van der Waals surface area contributed by atoms with E-state index in [2.05, 4.69) is 0 Å². The average molecular weight is 279 g/mol. The van der Waals surface area contributed by atoms with E-state index in [1.807, 2.05) is 13.8 Å². The van der Waals surface area contributed by atoms with Crippen molar-refractivity contribution in [1.82, 2.24) is 0 Å². The van der Waals surface area contributed by atoms with E-state index < -0.39 is 11.4 Å². The van der Waals surface area contributed by atoms with Crippen molar-refractivity contribution in [3.05, 3.63) is 33.6 Å². The lowest BCUT2D eigenvalue weighted by atomic mass is 9.81. The van der Waals surface area contributed by atoms with Gasteiger partial charge >= 0.3 is 0 Å². The third-order valence-corrected chi connectivity index (χ3v) is 3.84. The molecular weight excluding hydrogens is 262 g/mol. The number of halogens is 3. The lowest BCUT2D eigenvalue weighted by Gasteiger charge is -2.31. The molecule has 0 radical (unpaired) electrons. The Balaban J connectivity index is 3.18. The van der Waals surface area contributed by atoms with E-state index in [-0.39, 0.29) is 10.9 Å². The topological polar surface area (TPSA) is 20.2 Å². The van der Waals surface area contributed by atoms with E-state index in [4.69, 9.17) is 23.2 Å². The molecule has 1 nitrogen and oxygen atoms in total. The molecule has 0 aromatic heterocycles. The largest absolute Gasteiger partial charge is 0.385 e. The molecule has 1 rings (SSSR count). The second-order valence-electron chi connectivity index (χ2n) is 4.58. The standard InChI is InChI=1S/C13H17Cl2FO/c1-4-5-8(2)13(3,17)9-6-12(16)11(15)7-10(9)14/h6-8,17H,4-5H2,1-3H3. The molecule has 0 saturated heterocycles. The third-order valence-electron chi connectivity index (χ3n) is 3.24. The highest BCUT2D eigenvalue weighted by atomic mass is 35.5. The van der Waals surface area contributed by atoms with E-state index in [1.54, 1.807) is 6.92 Å². The van der Waals surface area contributed by atoms with Crippen LogP contribution in [0.4, 0.5) is 4.39 Å². The fourth-order valence-corrected chi connectivity index (χ4v) is 2.46. The first-order chi connectivity index (χ1) is 7.80. The molecule has 0 amide bonds. The Morgan fingerprint density at radius 3 is 2.47 bits per heavy atom. The Hall–Kier alpha value is -0.310. The molecule has 0 spiro atoms. The van der Waals surface area contributed by atoms with Gasteiger partial charge in [-0.3, -0.25) is 0 Å². The maximum Gasteiger partial charge on any atom is 0.142 e. The minimum Gasteiger partial charge on any atom is -0.385 e. The molecule has 1 aromatic carbocycles. The van der Waals surface area contributed by atoms with Gasteiger partial charge < -0.3 is 5.11 Å². The number of rotatable bonds is 4. The van der Waals surface area contributed by atoms with Crippen LogP contribution >= 0.6 is 23.2 Å². The fourth-order valence-electron chi connectivity index (χ4n) is 1.89. The van der Waals surface area contributed by atoms with Gasteiger partial charge in [-0.25, -0.2) is 4.39 Å². The SMILES string of the molecule is CCCC(C)C(C)(O)c1cc(F)c(Cl)cc1Cl. The maximum atomic E-state index is 13.4. The summed E-state index contributed by atoms with van der Waals surface area (Å²) < 4.78 is 13.4. The fraction of sp³-hybridized carbons (Fsp3) is 0.538. The summed E-state index contributed by atoms with van der Waals surface area (Å²) in [6.07, 6.45) is 1.79. The van der Waals surface area contributed by atoms with Gasteiger partial charge in [-0.1, -0.05) is 43.5 Å². The summed E-state index contributed by atoms with van der Waals surface area (Å²) in [6.45, 7) is 5.62. The summed E-state index contributed by atoms with van der Waals surface area (Å²) >= 11 is 11.7. The molecule has 2 unspecified atom stereocenters. The predicted molar refractivity (Wildman–Crippen MR) is 70.1 cm³/mol. The van der Waals surface area contributed by atoms with Crippen LogP contribution in [-0.4, -0.2) is 5.11 Å². The third kappa shape index (κ3) is 3.12. The molecule has 0 fully saturated rings. The first kappa shape index (κ1) is 14.7. The van der Waals surface area contributed by atoms with Crippen molar-refractivity contribution in [2.45, 2.75) is 39.2 Å². The minimum atomic E-state index is -1.15. The van der Waals surface area contributed by atoms with Crippen molar-refractivity contribution in [1.29, 1.82) is 0 Å². The lowest BCUT2D eigenvalue weighted by molar-refractivity contribution is -0.00234. The zero-order chi connectivity index (χ0) is 13.2. The van der Waals surface area contributed by atoms with Gasteiger partial charge in [0.1, 0.15) is 5.82 Å². The van der Waals surface area contributed by atoms with Crippen LogP contribution < -0.4 is 0 Å². The summed E-state index contributed by atoms with van der Waals surface area (Å²) in [6, 6.07) is 2.55. The van der Waals surface area contributed by atoms with Gasteiger partial charge in [0, 0.05) is 10.6 Å². The summed E-state index contributed by atoms with van der Waals surface area (Å²) in [7, 11) is 0. The number of benzene rings is 1. The van der Waals surface area contributed by atoms with Crippen LogP contribution in [0.3, 0.4) is 0 Å². The zero-order valence-corrected chi connectivity index (χ0v) is 11.7. The summed E-state index contributed by atoms with van der Waals surface area (Å²) in [5.74, 6) is -0.569. The molecule has 96 valence electrons. The minimum absolute atomic E-state index is 0.00873. The molecule has 0 heterocycles.